The zero-order chi connectivity index (χ0) is 27.2. The van der Waals surface area contributed by atoms with E-state index in [-0.39, 0.29) is 37.4 Å². The van der Waals surface area contributed by atoms with Gasteiger partial charge in [-0.05, 0) is 68.5 Å². The van der Waals surface area contributed by atoms with Gasteiger partial charge in [-0.1, -0.05) is 54.2 Å². The number of nitrogens with zero attached hydrogens (tertiary/aromatic N) is 2. The Bertz CT molecular complexity index is 1220. The average molecular weight is 569 g/mol. The van der Waals surface area contributed by atoms with E-state index in [9.17, 15) is 18.0 Å². The Kier molecular flexibility index (Phi) is 10.3. The van der Waals surface area contributed by atoms with Crippen LogP contribution in [0, 0.1) is 6.92 Å². The molecule has 0 aliphatic heterocycles. The molecule has 7 nitrogen and oxygen atoms in total. The van der Waals surface area contributed by atoms with E-state index in [1.54, 1.807) is 43.3 Å². The summed E-state index contributed by atoms with van der Waals surface area (Å²) in [5, 5.41) is 3.86. The monoisotopic (exact) mass is 567 g/mol. The first-order valence-electron chi connectivity index (χ1n) is 12.5. The van der Waals surface area contributed by atoms with Gasteiger partial charge in [-0.3, -0.25) is 13.9 Å². The second-order valence-corrected chi connectivity index (χ2v) is 12.4. The molecule has 1 fully saturated rings. The quantitative estimate of drug-likeness (QED) is 0.398. The predicted octanol–water partition coefficient (Wildman–Crippen LogP) is 5.32. The second-order valence-electron chi connectivity index (χ2n) is 9.71. The van der Waals surface area contributed by atoms with E-state index < -0.39 is 16.1 Å². The number of halogens is 2. The smallest absolute Gasteiger partial charge is 0.242 e. The largest absolute Gasteiger partial charge is 0.352 e. The minimum atomic E-state index is -3.54. The molecule has 1 saturated carbocycles. The molecule has 10 heteroatoms. The van der Waals surface area contributed by atoms with Crippen LogP contribution in [0.3, 0.4) is 0 Å². The van der Waals surface area contributed by atoms with Crippen LogP contribution in [0.4, 0.5) is 5.69 Å². The highest BCUT2D eigenvalue weighted by molar-refractivity contribution is 7.92. The summed E-state index contributed by atoms with van der Waals surface area (Å²) in [5.41, 5.74) is 2.25. The van der Waals surface area contributed by atoms with Gasteiger partial charge < -0.3 is 10.2 Å². The number of amides is 2. The lowest BCUT2D eigenvalue weighted by atomic mass is 10.1. The normalized spacial score (nSPS) is 14.8. The molecule has 1 aliphatic rings. The number of carbonyl (C=O) groups is 2. The van der Waals surface area contributed by atoms with Crippen molar-refractivity contribution in [1.29, 1.82) is 0 Å². The third-order valence-corrected chi connectivity index (χ3v) is 8.58. The number of aryl methyl sites for hydroxylation is 1. The molecule has 3 rings (SSSR count). The molecule has 0 saturated heterocycles. The van der Waals surface area contributed by atoms with Gasteiger partial charge >= 0.3 is 0 Å². The van der Waals surface area contributed by atoms with Crippen molar-refractivity contribution in [2.45, 2.75) is 71.0 Å². The van der Waals surface area contributed by atoms with E-state index in [1.807, 2.05) is 13.0 Å². The van der Waals surface area contributed by atoms with Crippen molar-refractivity contribution in [1.82, 2.24) is 10.2 Å². The maximum atomic E-state index is 13.4. The van der Waals surface area contributed by atoms with Crippen LogP contribution >= 0.6 is 23.2 Å². The fraction of sp³-hybridized carbons (Fsp3) is 0.481. The molecule has 0 unspecified atom stereocenters. The van der Waals surface area contributed by atoms with Crippen molar-refractivity contribution < 1.29 is 18.0 Å². The molecule has 37 heavy (non-hydrogen) atoms. The summed E-state index contributed by atoms with van der Waals surface area (Å²) in [7, 11) is -3.54. The minimum Gasteiger partial charge on any atom is -0.352 e. The van der Waals surface area contributed by atoms with E-state index in [1.165, 1.54) is 9.21 Å². The number of benzene rings is 2. The van der Waals surface area contributed by atoms with Gasteiger partial charge in [0.05, 0.1) is 22.0 Å². The van der Waals surface area contributed by atoms with Crippen molar-refractivity contribution in [3.05, 3.63) is 63.6 Å². The first-order valence-corrected chi connectivity index (χ1v) is 15.1. The molecule has 2 aromatic carbocycles. The Hall–Kier alpha value is -2.29. The Morgan fingerprint density at radius 2 is 1.78 bits per heavy atom. The summed E-state index contributed by atoms with van der Waals surface area (Å²) in [6, 6.07) is 11.8. The summed E-state index contributed by atoms with van der Waals surface area (Å²) >= 11 is 12.2. The summed E-state index contributed by atoms with van der Waals surface area (Å²) in [5.74, 6) is -0.435. The summed E-state index contributed by atoms with van der Waals surface area (Å²) in [6.45, 7) is 3.95. The van der Waals surface area contributed by atoms with Crippen LogP contribution in [-0.4, -0.2) is 50.0 Å². The van der Waals surface area contributed by atoms with Gasteiger partial charge in [0.1, 0.15) is 6.04 Å². The number of anilines is 1. The van der Waals surface area contributed by atoms with Crippen LogP contribution in [0.15, 0.2) is 42.5 Å². The highest BCUT2D eigenvalue weighted by Crippen LogP contribution is 2.25. The van der Waals surface area contributed by atoms with E-state index in [4.69, 9.17) is 23.2 Å². The van der Waals surface area contributed by atoms with E-state index in [0.717, 1.165) is 43.1 Å². The van der Waals surface area contributed by atoms with Crippen molar-refractivity contribution in [2.24, 2.45) is 0 Å². The number of carbonyl (C=O) groups excluding carboxylic acids is 2. The molecule has 0 spiro atoms. The maximum absolute atomic E-state index is 13.4. The van der Waals surface area contributed by atoms with Gasteiger partial charge in [0, 0.05) is 25.6 Å². The SMILES string of the molecule is Cc1cccc(N(CCCC(=O)N(Cc2ccc(Cl)c(Cl)c2)[C@@H](C)C(=O)NC2CCCC2)S(C)(=O)=O)c1. The molecule has 0 radical (unpaired) electrons. The van der Waals surface area contributed by atoms with Crippen LogP contribution < -0.4 is 9.62 Å². The molecule has 1 N–H and O–H groups in total. The number of hydrogen-bond acceptors (Lipinski definition) is 4. The lowest BCUT2D eigenvalue weighted by Gasteiger charge is -2.30. The molecular weight excluding hydrogens is 533 g/mol. The third-order valence-electron chi connectivity index (χ3n) is 6.65. The molecule has 1 aliphatic carbocycles. The predicted molar refractivity (Wildman–Crippen MR) is 149 cm³/mol. The number of sulfonamides is 1. The Labute approximate surface area is 230 Å². The lowest BCUT2D eigenvalue weighted by molar-refractivity contribution is -0.141. The first kappa shape index (κ1) is 29.3. The molecule has 2 aromatic rings. The summed E-state index contributed by atoms with van der Waals surface area (Å²) in [4.78, 5) is 28.0. The second kappa shape index (κ2) is 13.0. The summed E-state index contributed by atoms with van der Waals surface area (Å²) in [6.07, 6.45) is 5.60. The first-order chi connectivity index (χ1) is 17.5. The highest BCUT2D eigenvalue weighted by atomic mass is 35.5. The fourth-order valence-electron chi connectivity index (χ4n) is 4.60. The zero-order valence-electron chi connectivity index (χ0n) is 21.5. The van der Waals surface area contributed by atoms with Gasteiger partial charge in [0.2, 0.25) is 21.8 Å². The molecule has 1 atom stereocenters. The van der Waals surface area contributed by atoms with Gasteiger partial charge in [-0.25, -0.2) is 8.42 Å². The lowest BCUT2D eigenvalue weighted by Crippen LogP contribution is -2.49. The average Bonchev–Trinajstić information content (AvgIpc) is 3.34. The highest BCUT2D eigenvalue weighted by Gasteiger charge is 2.29. The summed E-state index contributed by atoms with van der Waals surface area (Å²) < 4.78 is 26.3. The number of nitrogens with one attached hydrogen (secondary N) is 1. The molecule has 202 valence electrons. The van der Waals surface area contributed by atoms with Crippen molar-refractivity contribution in [3.63, 3.8) is 0 Å². The van der Waals surface area contributed by atoms with Crippen LogP contribution in [0.5, 0.6) is 0 Å². The molecule has 2 amide bonds. The fourth-order valence-corrected chi connectivity index (χ4v) is 5.87. The number of rotatable bonds is 11. The van der Waals surface area contributed by atoms with Gasteiger partial charge in [0.25, 0.3) is 0 Å². The zero-order valence-corrected chi connectivity index (χ0v) is 23.9. The molecule has 0 heterocycles. The molecule has 0 bridgehead atoms. The van der Waals surface area contributed by atoms with Crippen LogP contribution in [0.2, 0.25) is 10.0 Å². The Morgan fingerprint density at radius 1 is 1.08 bits per heavy atom. The minimum absolute atomic E-state index is 0.0835. The van der Waals surface area contributed by atoms with E-state index in [2.05, 4.69) is 5.32 Å². The Morgan fingerprint density at radius 3 is 2.41 bits per heavy atom. The van der Waals surface area contributed by atoms with Crippen molar-refractivity contribution in [2.75, 3.05) is 17.1 Å². The van der Waals surface area contributed by atoms with Crippen LogP contribution in [-0.2, 0) is 26.2 Å². The van der Waals surface area contributed by atoms with Crippen molar-refractivity contribution in [3.8, 4) is 0 Å². The maximum Gasteiger partial charge on any atom is 0.242 e. The standard InChI is InChI=1S/C27H35Cl2N3O4S/c1-19-8-6-11-23(16-19)32(37(3,35)36)15-7-12-26(33)31(18-21-13-14-24(28)25(29)17-21)20(2)27(34)30-22-9-4-5-10-22/h6,8,11,13-14,16-17,20,22H,4-5,7,9-10,12,15,18H2,1-3H3,(H,30,34)/t20-/m0/s1. The molecular formula is C27H35Cl2N3O4S. The molecule has 0 aromatic heterocycles. The van der Waals surface area contributed by atoms with Crippen molar-refractivity contribution >= 4 is 50.7 Å². The topological polar surface area (TPSA) is 86.8 Å². The van der Waals surface area contributed by atoms with Crippen LogP contribution in [0.25, 0.3) is 0 Å². The van der Waals surface area contributed by atoms with E-state index >= 15 is 0 Å². The van der Waals surface area contributed by atoms with Gasteiger partial charge in [0.15, 0.2) is 0 Å². The van der Waals surface area contributed by atoms with E-state index in [0.29, 0.717) is 22.2 Å². The third kappa shape index (κ3) is 8.35. The number of hydrogen-bond donors (Lipinski definition) is 1. The van der Waals surface area contributed by atoms with Gasteiger partial charge in [-0.15, -0.1) is 0 Å². The van der Waals surface area contributed by atoms with Gasteiger partial charge in [-0.2, -0.15) is 0 Å². The van der Waals surface area contributed by atoms with Crippen LogP contribution in [0.1, 0.15) is 56.6 Å². The Balaban J connectivity index is 1.74.